The number of aryl methyl sites for hydroxylation is 2. The molecule has 178 valence electrons. The van der Waals surface area contributed by atoms with Gasteiger partial charge in [-0.25, -0.2) is 4.79 Å². The molecule has 34 heavy (non-hydrogen) atoms. The molecule has 0 fully saturated rings. The molecule has 0 spiro atoms. The van der Waals surface area contributed by atoms with Crippen molar-refractivity contribution in [3.05, 3.63) is 75.7 Å². The Kier molecular flexibility index (Phi) is 7.25. The van der Waals surface area contributed by atoms with Gasteiger partial charge in [0.2, 0.25) is 0 Å². The van der Waals surface area contributed by atoms with Gasteiger partial charge in [0, 0.05) is 18.8 Å². The SMILES string of the molecule is COc1ccc(-c2ccccc2C)c(C)c1C(CC(=O)O)NC(=O)Nc1c(O)ccn(C)c1=O. The Morgan fingerprint density at radius 2 is 1.79 bits per heavy atom. The second-order valence-corrected chi connectivity index (χ2v) is 7.91. The average molecular weight is 466 g/mol. The highest BCUT2D eigenvalue weighted by Gasteiger charge is 2.26. The van der Waals surface area contributed by atoms with Crippen LogP contribution in [0, 0.1) is 13.8 Å². The Hall–Kier alpha value is -4.27. The van der Waals surface area contributed by atoms with Crippen LogP contribution in [0.3, 0.4) is 0 Å². The minimum absolute atomic E-state index is 0.311. The summed E-state index contributed by atoms with van der Waals surface area (Å²) in [5.41, 5.74) is 3.22. The zero-order valence-electron chi connectivity index (χ0n) is 19.4. The van der Waals surface area contributed by atoms with Gasteiger partial charge in [-0.05, 0) is 48.2 Å². The second kappa shape index (κ2) is 10.1. The number of anilines is 1. The predicted octanol–water partition coefficient (Wildman–Crippen LogP) is 3.72. The Morgan fingerprint density at radius 1 is 1.09 bits per heavy atom. The van der Waals surface area contributed by atoms with Crippen molar-refractivity contribution in [3.8, 4) is 22.6 Å². The fraction of sp³-hybridized carbons (Fsp3) is 0.240. The van der Waals surface area contributed by atoms with Crippen molar-refractivity contribution in [2.75, 3.05) is 12.4 Å². The van der Waals surface area contributed by atoms with Gasteiger partial charge in [0.1, 0.15) is 11.5 Å². The average Bonchev–Trinajstić information content (AvgIpc) is 2.79. The lowest BCUT2D eigenvalue weighted by Gasteiger charge is -2.24. The number of aromatic hydroxyl groups is 1. The lowest BCUT2D eigenvalue weighted by molar-refractivity contribution is -0.137. The van der Waals surface area contributed by atoms with Crippen molar-refractivity contribution in [1.82, 2.24) is 9.88 Å². The van der Waals surface area contributed by atoms with Gasteiger partial charge >= 0.3 is 12.0 Å². The molecule has 9 nitrogen and oxygen atoms in total. The molecule has 4 N–H and O–H groups in total. The summed E-state index contributed by atoms with van der Waals surface area (Å²) in [6.07, 6.45) is 0.930. The monoisotopic (exact) mass is 465 g/mol. The van der Waals surface area contributed by atoms with Gasteiger partial charge < -0.3 is 30.2 Å². The molecule has 0 aliphatic rings. The fourth-order valence-electron chi connectivity index (χ4n) is 3.93. The summed E-state index contributed by atoms with van der Waals surface area (Å²) in [4.78, 5) is 36.8. The number of carboxylic acid groups (broad SMARTS) is 1. The van der Waals surface area contributed by atoms with Crippen LogP contribution in [0.2, 0.25) is 0 Å². The first-order valence-corrected chi connectivity index (χ1v) is 10.6. The minimum Gasteiger partial charge on any atom is -0.505 e. The molecule has 3 aromatic rings. The highest BCUT2D eigenvalue weighted by atomic mass is 16.5. The van der Waals surface area contributed by atoms with Crippen molar-refractivity contribution in [3.63, 3.8) is 0 Å². The summed E-state index contributed by atoms with van der Waals surface area (Å²) < 4.78 is 6.70. The number of methoxy groups -OCH3 is 1. The van der Waals surface area contributed by atoms with Crippen molar-refractivity contribution in [2.24, 2.45) is 7.05 Å². The number of aromatic nitrogens is 1. The van der Waals surface area contributed by atoms with Gasteiger partial charge in [0.05, 0.1) is 19.6 Å². The van der Waals surface area contributed by atoms with E-state index in [-0.39, 0.29) is 5.69 Å². The largest absolute Gasteiger partial charge is 0.505 e. The van der Waals surface area contributed by atoms with Crippen molar-refractivity contribution in [1.29, 1.82) is 0 Å². The van der Waals surface area contributed by atoms with Gasteiger partial charge in [-0.1, -0.05) is 30.3 Å². The minimum atomic E-state index is -1.13. The maximum Gasteiger partial charge on any atom is 0.319 e. The Morgan fingerprint density at radius 3 is 2.44 bits per heavy atom. The van der Waals surface area contributed by atoms with E-state index >= 15 is 0 Å². The maximum atomic E-state index is 12.8. The standard InChI is InChI=1S/C25H27N3O6/c1-14-7-5-6-8-16(14)17-9-10-20(34-4)22(15(17)2)18(13-21(30)31)26-25(33)27-23-19(29)11-12-28(3)24(23)32/h5-12,18,29H,13H2,1-4H3,(H,30,31)(H2,26,27,33). The van der Waals surface area contributed by atoms with Crippen LogP contribution in [0.15, 0.2) is 53.5 Å². The number of benzene rings is 2. The summed E-state index contributed by atoms with van der Waals surface area (Å²) in [6.45, 7) is 3.82. The molecular weight excluding hydrogens is 438 g/mol. The molecule has 1 heterocycles. The van der Waals surface area contributed by atoms with E-state index in [4.69, 9.17) is 4.74 Å². The van der Waals surface area contributed by atoms with Crippen LogP contribution in [-0.2, 0) is 11.8 Å². The number of carbonyl (C=O) groups excluding carboxylic acids is 1. The van der Waals surface area contributed by atoms with E-state index in [2.05, 4.69) is 10.6 Å². The molecule has 2 aromatic carbocycles. The van der Waals surface area contributed by atoms with Gasteiger partial charge in [0.25, 0.3) is 5.56 Å². The number of urea groups is 1. The third-order valence-electron chi connectivity index (χ3n) is 5.65. The van der Waals surface area contributed by atoms with E-state index < -0.39 is 35.8 Å². The molecule has 0 aliphatic heterocycles. The topological polar surface area (TPSA) is 130 Å². The summed E-state index contributed by atoms with van der Waals surface area (Å²) in [5.74, 6) is -1.12. The third-order valence-corrected chi connectivity index (χ3v) is 5.65. The number of pyridine rings is 1. The second-order valence-electron chi connectivity index (χ2n) is 7.91. The van der Waals surface area contributed by atoms with Gasteiger partial charge in [-0.3, -0.25) is 9.59 Å². The van der Waals surface area contributed by atoms with E-state index in [1.54, 1.807) is 6.07 Å². The highest BCUT2D eigenvalue weighted by molar-refractivity contribution is 5.91. The first kappa shape index (κ1) is 24.4. The molecular formula is C25H27N3O6. The highest BCUT2D eigenvalue weighted by Crippen LogP contribution is 2.37. The lowest BCUT2D eigenvalue weighted by atomic mass is 9.89. The molecule has 3 rings (SSSR count). The van der Waals surface area contributed by atoms with Gasteiger partial charge in [-0.15, -0.1) is 0 Å². The van der Waals surface area contributed by atoms with Crippen molar-refractivity contribution < 1.29 is 24.5 Å². The normalized spacial score (nSPS) is 11.5. The zero-order chi connectivity index (χ0) is 25.0. The molecule has 9 heteroatoms. The first-order chi connectivity index (χ1) is 16.1. The summed E-state index contributed by atoms with van der Waals surface area (Å²) in [6, 6.07) is 10.9. The number of nitrogens with zero attached hydrogens (tertiary/aromatic N) is 1. The third kappa shape index (κ3) is 5.03. The van der Waals surface area contributed by atoms with E-state index in [1.165, 1.54) is 31.0 Å². The number of nitrogens with one attached hydrogen (secondary N) is 2. The molecule has 1 unspecified atom stereocenters. The predicted molar refractivity (Wildman–Crippen MR) is 128 cm³/mol. The molecule has 0 saturated carbocycles. The lowest BCUT2D eigenvalue weighted by Crippen LogP contribution is -2.36. The number of aliphatic carboxylic acids is 1. The number of ether oxygens (including phenoxy) is 1. The van der Waals surface area contributed by atoms with Crippen LogP contribution >= 0.6 is 0 Å². The quantitative estimate of drug-likeness (QED) is 0.421. The van der Waals surface area contributed by atoms with Gasteiger partial charge in [0.15, 0.2) is 5.69 Å². The Labute approximate surface area is 196 Å². The number of carboxylic acids is 1. The van der Waals surface area contributed by atoms with E-state index in [0.29, 0.717) is 11.3 Å². The van der Waals surface area contributed by atoms with E-state index in [1.807, 2.05) is 44.2 Å². The van der Waals surface area contributed by atoms with Crippen LogP contribution in [0.5, 0.6) is 11.5 Å². The Balaban J connectivity index is 2.04. The smallest absolute Gasteiger partial charge is 0.319 e. The number of carbonyl (C=O) groups is 2. The van der Waals surface area contributed by atoms with Gasteiger partial charge in [-0.2, -0.15) is 0 Å². The molecule has 0 aliphatic carbocycles. The summed E-state index contributed by atoms with van der Waals surface area (Å²) in [5, 5.41) is 24.5. The summed E-state index contributed by atoms with van der Waals surface area (Å²) in [7, 11) is 2.94. The van der Waals surface area contributed by atoms with Crippen LogP contribution < -0.4 is 20.9 Å². The van der Waals surface area contributed by atoms with Crippen molar-refractivity contribution >= 4 is 17.7 Å². The zero-order valence-corrected chi connectivity index (χ0v) is 19.4. The van der Waals surface area contributed by atoms with Crippen LogP contribution in [0.25, 0.3) is 11.1 Å². The number of rotatable bonds is 7. The molecule has 0 bridgehead atoms. The molecule has 1 aromatic heterocycles. The molecule has 2 amide bonds. The van der Waals surface area contributed by atoms with Crippen molar-refractivity contribution in [2.45, 2.75) is 26.3 Å². The van der Waals surface area contributed by atoms with E-state index in [0.717, 1.165) is 22.3 Å². The maximum absolute atomic E-state index is 12.8. The van der Waals surface area contributed by atoms with Crippen LogP contribution in [0.4, 0.5) is 10.5 Å². The van der Waals surface area contributed by atoms with E-state index in [9.17, 15) is 24.6 Å². The molecule has 1 atom stereocenters. The first-order valence-electron chi connectivity index (χ1n) is 10.6. The Bertz CT molecular complexity index is 1300. The number of hydrogen-bond donors (Lipinski definition) is 4. The fourth-order valence-corrected chi connectivity index (χ4v) is 3.93. The molecule has 0 saturated heterocycles. The van der Waals surface area contributed by atoms with Crippen LogP contribution in [-0.4, -0.2) is 33.9 Å². The number of hydrogen-bond acceptors (Lipinski definition) is 5. The van der Waals surface area contributed by atoms with Crippen LogP contribution in [0.1, 0.15) is 29.2 Å². The number of amides is 2. The molecule has 0 radical (unpaired) electrons. The summed E-state index contributed by atoms with van der Waals surface area (Å²) >= 11 is 0.